The summed E-state index contributed by atoms with van der Waals surface area (Å²) in [5.74, 6) is 0. The summed E-state index contributed by atoms with van der Waals surface area (Å²) >= 11 is 0. The van der Waals surface area contributed by atoms with Gasteiger partial charge in [0.2, 0.25) is 0 Å². The van der Waals surface area contributed by atoms with Crippen LogP contribution < -0.4 is 0 Å². The Kier molecular flexibility index (Phi) is 6.59. The lowest BCUT2D eigenvalue weighted by molar-refractivity contribution is 0.661. The largest absolute Gasteiger partial charge is 0.309 e. The fourth-order valence-electron chi connectivity index (χ4n) is 8.41. The quantitative estimate of drug-likeness (QED) is 0.188. The number of para-hydroxylation sites is 2. The van der Waals surface area contributed by atoms with Gasteiger partial charge in [-0.15, -0.1) is 0 Å². The third-order valence-electron chi connectivity index (χ3n) is 11.0. The van der Waals surface area contributed by atoms with Gasteiger partial charge in [0.25, 0.3) is 0 Å². The number of fused-ring (bicyclic) bond motifs is 7. The molecule has 0 spiro atoms. The van der Waals surface area contributed by atoms with Gasteiger partial charge in [-0.25, -0.2) is 4.98 Å². The first-order chi connectivity index (χ1) is 25.5. The van der Waals surface area contributed by atoms with Crippen molar-refractivity contribution in [3.8, 4) is 56.4 Å². The van der Waals surface area contributed by atoms with Crippen LogP contribution >= 0.6 is 0 Å². The fraction of sp³-hybridized carbons (Fsp3) is 0.0612. The highest BCUT2D eigenvalue weighted by Crippen LogP contribution is 2.51. The number of benzene rings is 7. The molecule has 0 unspecified atom stereocenters. The van der Waals surface area contributed by atoms with Crippen molar-refractivity contribution in [2.75, 3.05) is 0 Å². The molecule has 0 saturated heterocycles. The molecule has 0 amide bonds. The Balaban J connectivity index is 1.27. The van der Waals surface area contributed by atoms with E-state index in [4.69, 9.17) is 4.98 Å². The summed E-state index contributed by atoms with van der Waals surface area (Å²) in [6.45, 7) is 4.69. The molecule has 0 N–H and O–H groups in total. The number of hydrogen-bond donors (Lipinski definition) is 0. The lowest BCUT2D eigenvalue weighted by Gasteiger charge is -2.21. The summed E-state index contributed by atoms with van der Waals surface area (Å²) in [7, 11) is 0. The molecule has 0 atom stereocenters. The first-order valence-electron chi connectivity index (χ1n) is 17.8. The highest BCUT2D eigenvalue weighted by Gasteiger charge is 2.36. The van der Waals surface area contributed by atoms with Gasteiger partial charge >= 0.3 is 0 Å². The average Bonchev–Trinajstić information content (AvgIpc) is 3.64. The number of pyridine rings is 1. The smallest absolute Gasteiger partial charge is 0.0991 e. The topological polar surface area (TPSA) is 41.6 Å². The first kappa shape index (κ1) is 30.1. The van der Waals surface area contributed by atoms with Crippen LogP contribution in [0.2, 0.25) is 0 Å². The van der Waals surface area contributed by atoms with Crippen molar-refractivity contribution in [2.45, 2.75) is 19.3 Å². The van der Waals surface area contributed by atoms with E-state index in [0.717, 1.165) is 55.6 Å². The molecule has 1 aliphatic rings. The molecule has 10 rings (SSSR count). The van der Waals surface area contributed by atoms with Crippen LogP contribution in [0.1, 0.15) is 30.5 Å². The molecule has 9 aromatic rings. The van der Waals surface area contributed by atoms with Gasteiger partial charge in [-0.2, -0.15) is 5.26 Å². The van der Waals surface area contributed by atoms with Crippen LogP contribution in [0.3, 0.4) is 0 Å². The maximum atomic E-state index is 9.57. The number of nitrogens with zero attached hydrogens (tertiary/aromatic N) is 3. The van der Waals surface area contributed by atoms with Gasteiger partial charge in [-0.05, 0) is 105 Å². The van der Waals surface area contributed by atoms with Crippen molar-refractivity contribution in [3.63, 3.8) is 0 Å². The van der Waals surface area contributed by atoms with E-state index in [0.29, 0.717) is 5.56 Å². The van der Waals surface area contributed by atoms with Crippen LogP contribution in [0.25, 0.3) is 83.0 Å². The second-order valence-electron chi connectivity index (χ2n) is 14.3. The Hall–Kier alpha value is -6.76. The number of rotatable bonds is 4. The van der Waals surface area contributed by atoms with E-state index in [1.165, 1.54) is 38.5 Å². The van der Waals surface area contributed by atoms with Crippen LogP contribution in [0.4, 0.5) is 0 Å². The summed E-state index contributed by atoms with van der Waals surface area (Å²) < 4.78 is 2.43. The Labute approximate surface area is 302 Å². The molecule has 0 aliphatic heterocycles. The molecule has 0 bridgehead atoms. The molecular formula is C49H33N3. The minimum absolute atomic E-state index is 0.0930. The van der Waals surface area contributed by atoms with Crippen LogP contribution in [0, 0.1) is 11.3 Å². The minimum atomic E-state index is -0.0930. The lowest BCUT2D eigenvalue weighted by atomic mass is 9.82. The summed E-state index contributed by atoms with van der Waals surface area (Å²) in [5.41, 5.74) is 16.6. The zero-order chi connectivity index (χ0) is 35.0. The van der Waals surface area contributed by atoms with Gasteiger partial charge in [0.15, 0.2) is 0 Å². The molecule has 52 heavy (non-hydrogen) atoms. The first-order valence-corrected chi connectivity index (χ1v) is 17.8. The molecule has 0 radical (unpaired) electrons. The number of hydrogen-bond acceptors (Lipinski definition) is 2. The second kappa shape index (κ2) is 11.4. The highest BCUT2D eigenvalue weighted by atomic mass is 15.0. The molecule has 3 nitrogen and oxygen atoms in total. The summed E-state index contributed by atoms with van der Waals surface area (Å²) in [5, 5.41) is 13.2. The van der Waals surface area contributed by atoms with E-state index in [1.54, 1.807) is 0 Å². The Morgan fingerprint density at radius 2 is 1.21 bits per heavy atom. The Bertz CT molecular complexity index is 2920. The van der Waals surface area contributed by atoms with Crippen molar-refractivity contribution in [1.29, 1.82) is 5.26 Å². The lowest BCUT2D eigenvalue weighted by Crippen LogP contribution is -2.14. The van der Waals surface area contributed by atoms with Gasteiger partial charge in [-0.1, -0.05) is 117 Å². The van der Waals surface area contributed by atoms with E-state index in [1.807, 2.05) is 24.3 Å². The van der Waals surface area contributed by atoms with Crippen LogP contribution in [0.15, 0.2) is 164 Å². The molecule has 2 aromatic heterocycles. The van der Waals surface area contributed by atoms with E-state index in [9.17, 15) is 5.26 Å². The van der Waals surface area contributed by atoms with E-state index in [-0.39, 0.29) is 5.41 Å². The van der Waals surface area contributed by atoms with Crippen molar-refractivity contribution >= 4 is 32.7 Å². The van der Waals surface area contributed by atoms with Gasteiger partial charge in [0.05, 0.1) is 33.9 Å². The predicted octanol–water partition coefficient (Wildman–Crippen LogP) is 12.5. The van der Waals surface area contributed by atoms with Crippen LogP contribution in [0.5, 0.6) is 0 Å². The number of nitriles is 1. The molecule has 7 aromatic carbocycles. The maximum Gasteiger partial charge on any atom is 0.0991 e. The van der Waals surface area contributed by atoms with Crippen LogP contribution in [-0.2, 0) is 5.41 Å². The zero-order valence-electron chi connectivity index (χ0n) is 28.9. The van der Waals surface area contributed by atoms with Crippen molar-refractivity contribution in [1.82, 2.24) is 9.55 Å². The van der Waals surface area contributed by atoms with Crippen LogP contribution in [-0.4, -0.2) is 9.55 Å². The molecule has 244 valence electrons. The predicted molar refractivity (Wildman–Crippen MR) is 215 cm³/mol. The fourth-order valence-corrected chi connectivity index (χ4v) is 8.41. The van der Waals surface area contributed by atoms with E-state index in [2.05, 4.69) is 164 Å². The summed E-state index contributed by atoms with van der Waals surface area (Å²) in [4.78, 5) is 5.28. The summed E-state index contributed by atoms with van der Waals surface area (Å²) in [6.07, 6.45) is 0. The SMILES string of the molecule is CC1(C)c2ccccc2-c2cc3c(cc21)c1ccccc1n3-c1cc(-c2ccc(C#N)cc2)cc(-c2cc(-c3ccccc3)c3ccccc3n2)c1. The van der Waals surface area contributed by atoms with Gasteiger partial charge in [-0.3, -0.25) is 0 Å². The monoisotopic (exact) mass is 663 g/mol. The van der Waals surface area contributed by atoms with E-state index < -0.39 is 0 Å². The maximum absolute atomic E-state index is 9.57. The standard InChI is InChI=1S/C49H33N3/c1-49(2)43-17-9-6-14-37(43)41-29-48-42(27-44(41)49)39-16-8-11-19-47(39)52(48)36-25-34(32-22-20-31(30-50)21-23-32)24-35(26-36)46-28-40(33-12-4-3-5-13-33)38-15-7-10-18-45(38)51-46/h3-29H,1-2H3. The Morgan fingerprint density at radius 3 is 2.04 bits per heavy atom. The minimum Gasteiger partial charge on any atom is -0.309 e. The molecule has 2 heterocycles. The molecule has 0 fully saturated rings. The number of aromatic nitrogens is 2. The van der Waals surface area contributed by atoms with E-state index >= 15 is 0 Å². The van der Waals surface area contributed by atoms with Gasteiger partial charge in [0.1, 0.15) is 0 Å². The molecular weight excluding hydrogens is 631 g/mol. The van der Waals surface area contributed by atoms with Gasteiger partial charge < -0.3 is 4.57 Å². The molecule has 1 aliphatic carbocycles. The van der Waals surface area contributed by atoms with Crippen molar-refractivity contribution in [3.05, 3.63) is 180 Å². The zero-order valence-corrected chi connectivity index (χ0v) is 28.9. The third kappa shape index (κ3) is 4.55. The molecule has 3 heteroatoms. The third-order valence-corrected chi connectivity index (χ3v) is 11.0. The van der Waals surface area contributed by atoms with Crippen molar-refractivity contribution in [2.24, 2.45) is 0 Å². The summed E-state index contributed by atoms with van der Waals surface area (Å²) in [6, 6.07) is 60.6. The highest BCUT2D eigenvalue weighted by molar-refractivity contribution is 6.11. The Morgan fingerprint density at radius 1 is 0.500 bits per heavy atom. The van der Waals surface area contributed by atoms with Gasteiger partial charge in [0, 0.05) is 32.8 Å². The van der Waals surface area contributed by atoms with Crippen molar-refractivity contribution < 1.29 is 0 Å². The molecule has 0 saturated carbocycles. The second-order valence-corrected chi connectivity index (χ2v) is 14.3. The normalized spacial score (nSPS) is 12.9. The average molecular weight is 664 g/mol.